The van der Waals surface area contributed by atoms with Gasteiger partial charge in [0.15, 0.2) is 0 Å². The first kappa shape index (κ1) is 13.2. The van der Waals surface area contributed by atoms with Gasteiger partial charge in [0.25, 0.3) is 5.69 Å². The lowest BCUT2D eigenvalue weighted by molar-refractivity contribution is -0.385. The van der Waals surface area contributed by atoms with Crippen molar-refractivity contribution in [2.24, 2.45) is 0 Å². The van der Waals surface area contributed by atoms with Crippen LogP contribution in [0.3, 0.4) is 0 Å². The van der Waals surface area contributed by atoms with E-state index in [0.29, 0.717) is 5.03 Å². The van der Waals surface area contributed by atoms with Gasteiger partial charge in [-0.2, -0.15) is 0 Å². The average Bonchev–Trinajstić information content (AvgIpc) is 2.39. The Morgan fingerprint density at radius 2 is 2.00 bits per heavy atom. The number of nitro groups is 1. The minimum absolute atomic E-state index is 0.0662. The van der Waals surface area contributed by atoms with E-state index in [0.717, 1.165) is 10.6 Å². The van der Waals surface area contributed by atoms with Gasteiger partial charge in [0.1, 0.15) is 16.6 Å². The van der Waals surface area contributed by atoms with Gasteiger partial charge in [-0.05, 0) is 24.3 Å². The second-order valence-electron chi connectivity index (χ2n) is 3.62. The smallest absolute Gasteiger partial charge is 0.275 e. The number of benzene rings is 1. The Labute approximate surface area is 113 Å². The maximum Gasteiger partial charge on any atom is 0.275 e. The molecule has 0 fully saturated rings. The lowest BCUT2D eigenvalue weighted by Gasteiger charge is -2.04. The highest BCUT2D eigenvalue weighted by Gasteiger charge is 2.10. The van der Waals surface area contributed by atoms with Crippen LogP contribution >= 0.6 is 11.8 Å². The SMILES string of the molecule is COc1ccc(Sc2cc([N+](=O)[O-])cc(N)n2)cc1. The molecule has 0 aliphatic rings. The molecule has 1 aromatic carbocycles. The summed E-state index contributed by atoms with van der Waals surface area (Å²) in [6.07, 6.45) is 0. The number of hydrogen-bond donors (Lipinski definition) is 1. The van der Waals surface area contributed by atoms with Gasteiger partial charge in [-0.1, -0.05) is 11.8 Å². The second kappa shape index (κ2) is 5.57. The van der Waals surface area contributed by atoms with Gasteiger partial charge >= 0.3 is 0 Å². The molecular weight excluding hydrogens is 266 g/mol. The quantitative estimate of drug-likeness (QED) is 0.682. The molecule has 0 bridgehead atoms. The summed E-state index contributed by atoms with van der Waals surface area (Å²) in [7, 11) is 1.59. The summed E-state index contributed by atoms with van der Waals surface area (Å²) in [6, 6.07) is 9.94. The minimum atomic E-state index is -0.490. The predicted molar refractivity (Wildman–Crippen MR) is 72.4 cm³/mol. The largest absolute Gasteiger partial charge is 0.497 e. The van der Waals surface area contributed by atoms with Crippen molar-refractivity contribution in [2.75, 3.05) is 12.8 Å². The van der Waals surface area contributed by atoms with Crippen LogP contribution in [0.25, 0.3) is 0 Å². The summed E-state index contributed by atoms with van der Waals surface area (Å²) >= 11 is 1.30. The van der Waals surface area contributed by atoms with Crippen molar-refractivity contribution in [3.05, 3.63) is 46.5 Å². The third kappa shape index (κ3) is 3.35. The zero-order valence-electron chi connectivity index (χ0n) is 10.1. The van der Waals surface area contributed by atoms with Gasteiger partial charge in [0, 0.05) is 11.0 Å². The fourth-order valence-corrected chi connectivity index (χ4v) is 2.28. The lowest BCUT2D eigenvalue weighted by atomic mass is 10.3. The topological polar surface area (TPSA) is 91.3 Å². The number of methoxy groups -OCH3 is 1. The first-order valence-corrected chi connectivity index (χ1v) is 6.14. The lowest BCUT2D eigenvalue weighted by Crippen LogP contribution is -1.95. The van der Waals surface area contributed by atoms with Crippen LogP contribution in [-0.2, 0) is 0 Å². The van der Waals surface area contributed by atoms with Crippen LogP contribution in [0.15, 0.2) is 46.3 Å². The van der Waals surface area contributed by atoms with Gasteiger partial charge in [0.2, 0.25) is 0 Å². The summed E-state index contributed by atoms with van der Waals surface area (Å²) in [6.45, 7) is 0. The molecule has 0 radical (unpaired) electrons. The predicted octanol–water partition coefficient (Wildman–Crippen LogP) is 2.73. The van der Waals surface area contributed by atoms with Crippen LogP contribution in [0, 0.1) is 10.1 Å². The molecule has 2 N–H and O–H groups in total. The first-order chi connectivity index (χ1) is 9.08. The van der Waals surface area contributed by atoms with Crippen molar-refractivity contribution in [2.45, 2.75) is 9.92 Å². The highest BCUT2D eigenvalue weighted by atomic mass is 32.2. The van der Waals surface area contributed by atoms with Crippen LogP contribution in [0.5, 0.6) is 5.75 Å². The second-order valence-corrected chi connectivity index (χ2v) is 4.72. The summed E-state index contributed by atoms with van der Waals surface area (Å²) in [4.78, 5) is 15.2. The number of nitrogens with zero attached hydrogens (tertiary/aromatic N) is 2. The molecule has 0 aliphatic carbocycles. The van der Waals surface area contributed by atoms with Crippen molar-refractivity contribution in [3.8, 4) is 5.75 Å². The Balaban J connectivity index is 2.24. The van der Waals surface area contributed by atoms with Crippen molar-refractivity contribution in [3.63, 3.8) is 0 Å². The van der Waals surface area contributed by atoms with E-state index in [9.17, 15) is 10.1 Å². The maximum atomic E-state index is 10.7. The Kier molecular flexibility index (Phi) is 3.86. The molecule has 0 saturated heterocycles. The Hall–Kier alpha value is -2.28. The molecule has 19 heavy (non-hydrogen) atoms. The number of ether oxygens (including phenoxy) is 1. The average molecular weight is 277 g/mol. The number of nitrogens with two attached hydrogens (primary N) is 1. The van der Waals surface area contributed by atoms with E-state index in [1.54, 1.807) is 7.11 Å². The number of hydrogen-bond acceptors (Lipinski definition) is 6. The Morgan fingerprint density at radius 3 is 2.58 bits per heavy atom. The van der Waals surface area contributed by atoms with E-state index in [1.807, 2.05) is 24.3 Å². The monoisotopic (exact) mass is 277 g/mol. The van der Waals surface area contributed by atoms with Crippen LogP contribution in [0.4, 0.5) is 11.5 Å². The number of anilines is 1. The molecule has 0 aliphatic heterocycles. The molecule has 1 aromatic heterocycles. The molecular formula is C12H11N3O3S. The summed E-state index contributed by atoms with van der Waals surface area (Å²) < 4.78 is 5.05. The van der Waals surface area contributed by atoms with Crippen LogP contribution in [0.2, 0.25) is 0 Å². The first-order valence-electron chi connectivity index (χ1n) is 5.32. The molecule has 1 heterocycles. The standard InChI is InChI=1S/C12H11N3O3S/c1-18-9-2-4-10(5-3-9)19-12-7-8(15(16)17)6-11(13)14-12/h2-7H,1H3,(H2,13,14). The molecule has 6 nitrogen and oxygen atoms in total. The van der Waals surface area contributed by atoms with E-state index in [2.05, 4.69) is 4.98 Å². The third-order valence-electron chi connectivity index (χ3n) is 2.30. The van der Waals surface area contributed by atoms with E-state index >= 15 is 0 Å². The third-order valence-corrected chi connectivity index (χ3v) is 3.23. The van der Waals surface area contributed by atoms with Crippen molar-refractivity contribution in [1.29, 1.82) is 0 Å². The van der Waals surface area contributed by atoms with Gasteiger partial charge < -0.3 is 10.5 Å². The van der Waals surface area contributed by atoms with Crippen molar-refractivity contribution < 1.29 is 9.66 Å². The fraction of sp³-hybridized carbons (Fsp3) is 0.0833. The van der Waals surface area contributed by atoms with Gasteiger partial charge in [-0.3, -0.25) is 10.1 Å². The van der Waals surface area contributed by atoms with Gasteiger partial charge in [-0.25, -0.2) is 4.98 Å². The van der Waals surface area contributed by atoms with Crippen molar-refractivity contribution in [1.82, 2.24) is 4.98 Å². The molecule has 98 valence electrons. The highest BCUT2D eigenvalue weighted by molar-refractivity contribution is 7.99. The molecule has 0 saturated carbocycles. The normalized spacial score (nSPS) is 10.2. The maximum absolute atomic E-state index is 10.7. The zero-order chi connectivity index (χ0) is 13.8. The van der Waals surface area contributed by atoms with Gasteiger partial charge in [-0.15, -0.1) is 0 Å². The highest BCUT2D eigenvalue weighted by Crippen LogP contribution is 2.30. The molecule has 0 atom stereocenters. The van der Waals surface area contributed by atoms with E-state index in [-0.39, 0.29) is 11.5 Å². The number of nitrogen functional groups attached to an aromatic ring is 1. The summed E-state index contributed by atoms with van der Waals surface area (Å²) in [5, 5.41) is 11.2. The van der Waals surface area contributed by atoms with Crippen molar-refractivity contribution >= 4 is 23.3 Å². The van der Waals surface area contributed by atoms with Gasteiger partial charge in [0.05, 0.1) is 18.1 Å². The summed E-state index contributed by atoms with van der Waals surface area (Å²) in [5.74, 6) is 0.876. The van der Waals surface area contributed by atoms with E-state index < -0.39 is 4.92 Å². The molecule has 0 spiro atoms. The van der Waals surface area contributed by atoms with E-state index in [1.165, 1.54) is 23.9 Å². The van der Waals surface area contributed by atoms with Crippen LogP contribution in [-0.4, -0.2) is 17.0 Å². The minimum Gasteiger partial charge on any atom is -0.497 e. The number of rotatable bonds is 4. The Bertz CT molecular complexity index is 602. The molecule has 0 amide bonds. The summed E-state index contributed by atoms with van der Waals surface area (Å²) in [5.41, 5.74) is 5.48. The number of aromatic nitrogens is 1. The molecule has 2 aromatic rings. The molecule has 7 heteroatoms. The van der Waals surface area contributed by atoms with Crippen LogP contribution < -0.4 is 10.5 Å². The van der Waals surface area contributed by atoms with E-state index in [4.69, 9.17) is 10.5 Å². The molecule has 0 unspecified atom stereocenters. The fourth-order valence-electron chi connectivity index (χ4n) is 1.43. The number of pyridine rings is 1. The Morgan fingerprint density at radius 1 is 1.32 bits per heavy atom. The zero-order valence-corrected chi connectivity index (χ0v) is 10.9. The molecule has 2 rings (SSSR count). The van der Waals surface area contributed by atoms with Crippen LogP contribution in [0.1, 0.15) is 0 Å².